The van der Waals surface area contributed by atoms with Gasteiger partial charge < -0.3 is 10.2 Å². The molecule has 1 unspecified atom stereocenters. The number of nitrogens with zero attached hydrogens (tertiary/aromatic N) is 3. The molecule has 1 aliphatic heterocycles. The van der Waals surface area contributed by atoms with Crippen LogP contribution < -0.4 is 10.2 Å². The monoisotopic (exact) mass is 292 g/mol. The minimum Gasteiger partial charge on any atom is -0.352 e. The van der Waals surface area contributed by atoms with E-state index in [2.05, 4.69) is 40.0 Å². The molecule has 110 valence electrons. The SMILES string of the molecule is CCNCc1c(N2CCCCC2CC)nc2sccn12. The van der Waals surface area contributed by atoms with Crippen molar-refractivity contribution < 1.29 is 0 Å². The van der Waals surface area contributed by atoms with Crippen molar-refractivity contribution in [3.63, 3.8) is 0 Å². The van der Waals surface area contributed by atoms with Crippen molar-refractivity contribution in [1.82, 2.24) is 14.7 Å². The molecule has 5 heteroatoms. The van der Waals surface area contributed by atoms with Crippen molar-refractivity contribution in [2.24, 2.45) is 0 Å². The van der Waals surface area contributed by atoms with Gasteiger partial charge in [0.05, 0.1) is 5.69 Å². The maximum atomic E-state index is 4.91. The molecule has 1 N–H and O–H groups in total. The van der Waals surface area contributed by atoms with Gasteiger partial charge in [-0.25, -0.2) is 4.98 Å². The molecule has 3 rings (SSSR count). The molecule has 0 saturated carbocycles. The molecular formula is C15H24N4S. The van der Waals surface area contributed by atoms with E-state index >= 15 is 0 Å². The highest BCUT2D eigenvalue weighted by atomic mass is 32.1. The van der Waals surface area contributed by atoms with E-state index in [9.17, 15) is 0 Å². The molecule has 1 aliphatic rings. The van der Waals surface area contributed by atoms with Crippen molar-refractivity contribution in [1.29, 1.82) is 0 Å². The number of piperidine rings is 1. The average molecular weight is 292 g/mol. The highest BCUT2D eigenvalue weighted by Crippen LogP contribution is 2.30. The first-order valence-electron chi connectivity index (χ1n) is 7.77. The predicted octanol–water partition coefficient (Wildman–Crippen LogP) is 3.27. The fourth-order valence-electron chi connectivity index (χ4n) is 3.16. The van der Waals surface area contributed by atoms with Crippen molar-refractivity contribution in [2.45, 2.75) is 52.1 Å². The lowest BCUT2D eigenvalue weighted by atomic mass is 10.00. The van der Waals surface area contributed by atoms with Crippen LogP contribution in [0.5, 0.6) is 0 Å². The number of hydrogen-bond acceptors (Lipinski definition) is 4. The second-order valence-electron chi connectivity index (χ2n) is 5.47. The summed E-state index contributed by atoms with van der Waals surface area (Å²) in [5, 5.41) is 5.58. The molecule has 0 aromatic carbocycles. The van der Waals surface area contributed by atoms with Crippen molar-refractivity contribution in [3.05, 3.63) is 17.3 Å². The summed E-state index contributed by atoms with van der Waals surface area (Å²) in [6.07, 6.45) is 7.32. The normalized spacial score (nSPS) is 19.9. The van der Waals surface area contributed by atoms with Gasteiger partial charge in [-0.2, -0.15) is 0 Å². The lowest BCUT2D eigenvalue weighted by Gasteiger charge is -2.36. The largest absolute Gasteiger partial charge is 0.352 e. The molecule has 3 heterocycles. The zero-order valence-corrected chi connectivity index (χ0v) is 13.2. The molecule has 1 fully saturated rings. The van der Waals surface area contributed by atoms with Crippen LogP contribution in [0.1, 0.15) is 45.2 Å². The van der Waals surface area contributed by atoms with Crippen molar-refractivity contribution >= 4 is 22.1 Å². The molecule has 0 radical (unpaired) electrons. The number of rotatable bonds is 5. The number of aromatic nitrogens is 2. The van der Waals surface area contributed by atoms with E-state index in [1.807, 2.05) is 0 Å². The van der Waals surface area contributed by atoms with Gasteiger partial charge in [-0.15, -0.1) is 11.3 Å². The first-order chi connectivity index (χ1) is 9.85. The molecule has 0 spiro atoms. The number of anilines is 1. The Labute approximate surface area is 124 Å². The smallest absolute Gasteiger partial charge is 0.195 e. The van der Waals surface area contributed by atoms with E-state index in [1.165, 1.54) is 37.2 Å². The highest BCUT2D eigenvalue weighted by Gasteiger charge is 2.26. The van der Waals surface area contributed by atoms with Gasteiger partial charge in [0, 0.05) is 30.7 Å². The maximum Gasteiger partial charge on any atom is 0.195 e. The third kappa shape index (κ3) is 2.44. The Kier molecular flexibility index (Phi) is 4.27. The Hall–Kier alpha value is -1.07. The second-order valence-corrected chi connectivity index (χ2v) is 6.34. The molecule has 2 aromatic heterocycles. The quantitative estimate of drug-likeness (QED) is 0.918. The number of thiazole rings is 1. The summed E-state index contributed by atoms with van der Waals surface area (Å²) in [6.45, 7) is 7.50. The third-order valence-corrected chi connectivity index (χ3v) is 5.01. The van der Waals surface area contributed by atoms with Gasteiger partial charge in [0.1, 0.15) is 0 Å². The minimum absolute atomic E-state index is 0.661. The van der Waals surface area contributed by atoms with Gasteiger partial charge in [0.25, 0.3) is 0 Å². The molecule has 0 aliphatic carbocycles. The van der Waals surface area contributed by atoms with E-state index in [0.717, 1.165) is 24.6 Å². The highest BCUT2D eigenvalue weighted by molar-refractivity contribution is 7.15. The lowest BCUT2D eigenvalue weighted by molar-refractivity contribution is 0.446. The number of imidazole rings is 1. The van der Waals surface area contributed by atoms with Crippen LogP contribution in [-0.2, 0) is 6.54 Å². The van der Waals surface area contributed by atoms with Crippen molar-refractivity contribution in [2.75, 3.05) is 18.0 Å². The Morgan fingerprint density at radius 2 is 2.30 bits per heavy atom. The zero-order valence-electron chi connectivity index (χ0n) is 12.4. The fraction of sp³-hybridized carbons (Fsp3) is 0.667. The van der Waals surface area contributed by atoms with Gasteiger partial charge in [-0.3, -0.25) is 4.40 Å². The van der Waals surface area contributed by atoms with Gasteiger partial charge in [0.15, 0.2) is 10.8 Å². The molecule has 2 aromatic rings. The zero-order chi connectivity index (χ0) is 13.9. The Balaban J connectivity index is 1.97. The van der Waals surface area contributed by atoms with E-state index in [4.69, 9.17) is 4.98 Å². The summed E-state index contributed by atoms with van der Waals surface area (Å²) < 4.78 is 2.25. The van der Waals surface area contributed by atoms with Crippen molar-refractivity contribution in [3.8, 4) is 0 Å². The summed E-state index contributed by atoms with van der Waals surface area (Å²) in [6, 6.07) is 0.661. The minimum atomic E-state index is 0.661. The lowest BCUT2D eigenvalue weighted by Crippen LogP contribution is -2.40. The first kappa shape index (κ1) is 13.9. The number of nitrogens with one attached hydrogen (secondary N) is 1. The van der Waals surface area contributed by atoms with E-state index in [0.29, 0.717) is 6.04 Å². The van der Waals surface area contributed by atoms with E-state index < -0.39 is 0 Å². The average Bonchev–Trinajstić information content (AvgIpc) is 3.06. The van der Waals surface area contributed by atoms with Crippen LogP contribution in [0.25, 0.3) is 4.96 Å². The topological polar surface area (TPSA) is 32.6 Å². The van der Waals surface area contributed by atoms with Gasteiger partial charge >= 0.3 is 0 Å². The van der Waals surface area contributed by atoms with Gasteiger partial charge in [-0.1, -0.05) is 13.8 Å². The Bertz CT molecular complexity index is 559. The molecule has 1 saturated heterocycles. The number of fused-ring (bicyclic) bond motifs is 1. The van der Waals surface area contributed by atoms with Crippen LogP contribution in [0.4, 0.5) is 5.82 Å². The van der Waals surface area contributed by atoms with Crippen LogP contribution in [0.3, 0.4) is 0 Å². The van der Waals surface area contributed by atoms with Crippen LogP contribution in [0.2, 0.25) is 0 Å². The summed E-state index contributed by atoms with van der Waals surface area (Å²) in [5.41, 5.74) is 1.32. The first-order valence-corrected chi connectivity index (χ1v) is 8.64. The van der Waals surface area contributed by atoms with Gasteiger partial charge in [0.2, 0.25) is 0 Å². The van der Waals surface area contributed by atoms with E-state index in [1.54, 1.807) is 11.3 Å². The molecule has 0 amide bonds. The molecule has 0 bridgehead atoms. The molecule has 4 nitrogen and oxygen atoms in total. The van der Waals surface area contributed by atoms with Crippen LogP contribution in [0, 0.1) is 0 Å². The second kappa shape index (κ2) is 6.14. The molecule has 20 heavy (non-hydrogen) atoms. The summed E-state index contributed by atoms with van der Waals surface area (Å²) in [5.74, 6) is 1.21. The Morgan fingerprint density at radius 1 is 1.40 bits per heavy atom. The van der Waals surface area contributed by atoms with E-state index in [-0.39, 0.29) is 0 Å². The molecular weight excluding hydrogens is 268 g/mol. The van der Waals surface area contributed by atoms with Crippen LogP contribution in [-0.4, -0.2) is 28.5 Å². The molecule has 1 atom stereocenters. The van der Waals surface area contributed by atoms with Crippen LogP contribution >= 0.6 is 11.3 Å². The van der Waals surface area contributed by atoms with Gasteiger partial charge in [-0.05, 0) is 32.2 Å². The third-order valence-electron chi connectivity index (χ3n) is 4.25. The standard InChI is InChI=1S/C15H24N4S/c1-3-12-7-5-6-8-18(12)14-13(11-16-4-2)19-9-10-20-15(19)17-14/h9-10,12,16H,3-8,11H2,1-2H3. The fourth-order valence-corrected chi connectivity index (χ4v) is 3.89. The summed E-state index contributed by atoms with van der Waals surface area (Å²) >= 11 is 1.73. The maximum absolute atomic E-state index is 4.91. The van der Waals surface area contributed by atoms with Crippen LogP contribution in [0.15, 0.2) is 11.6 Å². The predicted molar refractivity (Wildman–Crippen MR) is 85.7 cm³/mol. The summed E-state index contributed by atoms with van der Waals surface area (Å²) in [7, 11) is 0. The Morgan fingerprint density at radius 3 is 3.10 bits per heavy atom. The summed E-state index contributed by atoms with van der Waals surface area (Å²) in [4.78, 5) is 8.59. The number of hydrogen-bond donors (Lipinski definition) is 1.